The molecule has 0 spiro atoms. The number of pyridine rings is 1. The third-order valence-corrected chi connectivity index (χ3v) is 3.29. The lowest BCUT2D eigenvalue weighted by Crippen LogP contribution is -2.43. The van der Waals surface area contributed by atoms with Gasteiger partial charge in [0.2, 0.25) is 11.8 Å². The number of halogens is 1. The van der Waals surface area contributed by atoms with E-state index in [1.165, 1.54) is 0 Å². The Morgan fingerprint density at radius 1 is 1.27 bits per heavy atom. The lowest BCUT2D eigenvalue weighted by atomic mass is 10.1. The zero-order valence-corrected chi connectivity index (χ0v) is 12.8. The average molecular weight is 320 g/mol. The van der Waals surface area contributed by atoms with Crippen molar-refractivity contribution in [3.05, 3.63) is 59.2 Å². The molecule has 0 radical (unpaired) electrons. The van der Waals surface area contributed by atoms with Crippen LogP contribution in [0, 0.1) is 0 Å². The molecule has 6 heteroatoms. The zero-order chi connectivity index (χ0) is 15.8. The summed E-state index contributed by atoms with van der Waals surface area (Å²) in [5.41, 5.74) is 6.91. The third kappa shape index (κ3) is 5.02. The normalized spacial score (nSPS) is 11.7. The lowest BCUT2D eigenvalue weighted by Gasteiger charge is -2.13. The molecule has 0 fully saturated rings. The highest BCUT2D eigenvalue weighted by molar-refractivity contribution is 6.31. The molecule has 1 amide bonds. The van der Waals surface area contributed by atoms with Gasteiger partial charge in [0.1, 0.15) is 11.6 Å². The molecule has 5 nitrogen and oxygen atoms in total. The molecule has 1 atom stereocenters. The second kappa shape index (κ2) is 8.36. The highest BCUT2D eigenvalue weighted by Crippen LogP contribution is 2.19. The summed E-state index contributed by atoms with van der Waals surface area (Å²) in [6.07, 6.45) is 2.09. The van der Waals surface area contributed by atoms with E-state index in [-0.39, 0.29) is 12.5 Å². The van der Waals surface area contributed by atoms with E-state index in [2.05, 4.69) is 10.3 Å². The molecular formula is C16H18ClN3O2. The van der Waals surface area contributed by atoms with Gasteiger partial charge in [0.15, 0.2) is 0 Å². The first-order valence-electron chi connectivity index (χ1n) is 6.97. The van der Waals surface area contributed by atoms with Gasteiger partial charge >= 0.3 is 0 Å². The van der Waals surface area contributed by atoms with Crippen molar-refractivity contribution in [2.75, 3.05) is 13.2 Å². The number of hydrogen-bond acceptors (Lipinski definition) is 4. The maximum absolute atomic E-state index is 11.9. The second-order valence-corrected chi connectivity index (χ2v) is 5.13. The summed E-state index contributed by atoms with van der Waals surface area (Å²) in [4.78, 5) is 15.9. The zero-order valence-electron chi connectivity index (χ0n) is 12.0. The van der Waals surface area contributed by atoms with E-state index in [0.717, 1.165) is 5.56 Å². The smallest absolute Gasteiger partial charge is 0.237 e. The van der Waals surface area contributed by atoms with Gasteiger partial charge < -0.3 is 15.8 Å². The summed E-state index contributed by atoms with van der Waals surface area (Å²) in [5.74, 6) is 0.145. The summed E-state index contributed by atoms with van der Waals surface area (Å²) in [5, 5.41) is 3.17. The highest BCUT2D eigenvalue weighted by atomic mass is 35.5. The predicted octanol–water partition coefficient (Wildman–Crippen LogP) is 1.80. The Morgan fingerprint density at radius 2 is 2.05 bits per heavy atom. The van der Waals surface area contributed by atoms with E-state index < -0.39 is 6.04 Å². The number of nitrogens with one attached hydrogen (secondary N) is 1. The van der Waals surface area contributed by atoms with Crippen LogP contribution in [-0.4, -0.2) is 30.1 Å². The fourth-order valence-electron chi connectivity index (χ4n) is 1.89. The number of carbonyl (C=O) groups excluding carboxylic acids is 1. The maximum Gasteiger partial charge on any atom is 0.237 e. The number of carbonyl (C=O) groups is 1. The number of rotatable bonds is 7. The summed E-state index contributed by atoms with van der Waals surface area (Å²) in [7, 11) is 0. The molecule has 116 valence electrons. The Kier molecular flexibility index (Phi) is 6.18. The van der Waals surface area contributed by atoms with Crippen LogP contribution < -0.4 is 15.8 Å². The first kappa shape index (κ1) is 16.3. The van der Waals surface area contributed by atoms with E-state index in [1.54, 1.807) is 18.3 Å². The van der Waals surface area contributed by atoms with Gasteiger partial charge in [0.25, 0.3) is 0 Å². The fraction of sp³-hybridized carbons (Fsp3) is 0.250. The SMILES string of the molecule is NC(Cc1ccccc1)C(=O)NCCOc1ncccc1Cl. The molecule has 2 rings (SSSR count). The van der Waals surface area contributed by atoms with E-state index in [1.807, 2.05) is 30.3 Å². The van der Waals surface area contributed by atoms with Crippen LogP contribution in [0.5, 0.6) is 5.88 Å². The number of ether oxygens (including phenoxy) is 1. The monoisotopic (exact) mass is 319 g/mol. The molecule has 0 saturated heterocycles. The van der Waals surface area contributed by atoms with Crippen molar-refractivity contribution in [2.45, 2.75) is 12.5 Å². The molecule has 1 aromatic heterocycles. The Bertz CT molecular complexity index is 607. The van der Waals surface area contributed by atoms with Crippen LogP contribution in [0.2, 0.25) is 5.02 Å². The fourth-order valence-corrected chi connectivity index (χ4v) is 2.07. The minimum absolute atomic E-state index is 0.209. The molecule has 1 unspecified atom stereocenters. The van der Waals surface area contributed by atoms with Crippen LogP contribution in [0.1, 0.15) is 5.56 Å². The molecule has 0 aliphatic carbocycles. The molecular weight excluding hydrogens is 302 g/mol. The Balaban J connectivity index is 1.70. The van der Waals surface area contributed by atoms with E-state index in [9.17, 15) is 4.79 Å². The van der Waals surface area contributed by atoms with E-state index in [4.69, 9.17) is 22.1 Å². The van der Waals surface area contributed by atoms with Crippen LogP contribution in [0.15, 0.2) is 48.7 Å². The van der Waals surface area contributed by atoms with E-state index in [0.29, 0.717) is 23.9 Å². The van der Waals surface area contributed by atoms with Crippen molar-refractivity contribution in [3.63, 3.8) is 0 Å². The van der Waals surface area contributed by atoms with Crippen LogP contribution in [-0.2, 0) is 11.2 Å². The first-order chi connectivity index (χ1) is 10.7. The summed E-state index contributed by atoms with van der Waals surface area (Å²) in [6, 6.07) is 12.5. The minimum atomic E-state index is -0.583. The van der Waals surface area contributed by atoms with E-state index >= 15 is 0 Å². The average Bonchev–Trinajstić information content (AvgIpc) is 2.53. The number of amides is 1. The van der Waals surface area contributed by atoms with Crippen molar-refractivity contribution < 1.29 is 9.53 Å². The number of hydrogen-bond donors (Lipinski definition) is 2. The number of nitrogens with two attached hydrogens (primary N) is 1. The Morgan fingerprint density at radius 3 is 2.77 bits per heavy atom. The molecule has 0 saturated carbocycles. The van der Waals surface area contributed by atoms with Gasteiger partial charge in [-0.05, 0) is 24.1 Å². The van der Waals surface area contributed by atoms with Gasteiger partial charge in [-0.15, -0.1) is 0 Å². The van der Waals surface area contributed by atoms with Gasteiger partial charge in [-0.2, -0.15) is 0 Å². The van der Waals surface area contributed by atoms with Crippen molar-refractivity contribution in [1.82, 2.24) is 10.3 Å². The summed E-state index contributed by atoms with van der Waals surface area (Å²) < 4.78 is 5.39. The van der Waals surface area contributed by atoms with Crippen molar-refractivity contribution in [2.24, 2.45) is 5.73 Å². The van der Waals surface area contributed by atoms with Crippen molar-refractivity contribution >= 4 is 17.5 Å². The van der Waals surface area contributed by atoms with Crippen LogP contribution in [0.25, 0.3) is 0 Å². The molecule has 3 N–H and O–H groups in total. The molecule has 22 heavy (non-hydrogen) atoms. The number of nitrogens with zero attached hydrogens (tertiary/aromatic N) is 1. The van der Waals surface area contributed by atoms with Crippen LogP contribution in [0.3, 0.4) is 0 Å². The number of aromatic nitrogens is 1. The topological polar surface area (TPSA) is 77.2 Å². The molecule has 2 aromatic rings. The molecule has 1 aromatic carbocycles. The highest BCUT2D eigenvalue weighted by Gasteiger charge is 2.13. The molecule has 0 bridgehead atoms. The number of benzene rings is 1. The van der Waals surface area contributed by atoms with Gasteiger partial charge in [-0.25, -0.2) is 4.98 Å². The molecule has 0 aliphatic rings. The molecule has 1 heterocycles. The lowest BCUT2D eigenvalue weighted by molar-refractivity contribution is -0.122. The second-order valence-electron chi connectivity index (χ2n) is 4.73. The van der Waals surface area contributed by atoms with Gasteiger partial charge in [0, 0.05) is 6.20 Å². The summed E-state index contributed by atoms with van der Waals surface area (Å²) >= 11 is 5.91. The third-order valence-electron chi connectivity index (χ3n) is 3.00. The molecule has 0 aliphatic heterocycles. The first-order valence-corrected chi connectivity index (χ1v) is 7.35. The predicted molar refractivity (Wildman–Crippen MR) is 85.9 cm³/mol. The largest absolute Gasteiger partial charge is 0.475 e. The quantitative estimate of drug-likeness (QED) is 0.763. The van der Waals surface area contributed by atoms with Crippen LogP contribution in [0.4, 0.5) is 0 Å². The minimum Gasteiger partial charge on any atom is -0.475 e. The van der Waals surface area contributed by atoms with Gasteiger partial charge in [-0.1, -0.05) is 41.9 Å². The van der Waals surface area contributed by atoms with Gasteiger partial charge in [0.05, 0.1) is 12.6 Å². The van der Waals surface area contributed by atoms with Crippen LogP contribution >= 0.6 is 11.6 Å². The van der Waals surface area contributed by atoms with Crippen molar-refractivity contribution in [1.29, 1.82) is 0 Å². The van der Waals surface area contributed by atoms with Gasteiger partial charge in [-0.3, -0.25) is 4.79 Å². The Hall–Kier alpha value is -2.11. The standard InChI is InChI=1S/C16H18ClN3O2/c17-13-7-4-8-20-16(13)22-10-9-19-15(21)14(18)11-12-5-2-1-3-6-12/h1-8,14H,9-11,18H2,(H,19,21). The van der Waals surface area contributed by atoms with Crippen molar-refractivity contribution in [3.8, 4) is 5.88 Å². The maximum atomic E-state index is 11.9. The Labute approximate surface area is 134 Å². The summed E-state index contributed by atoms with van der Waals surface area (Å²) in [6.45, 7) is 0.620.